The first-order valence-electron chi connectivity index (χ1n) is 8.94. The van der Waals surface area contributed by atoms with Gasteiger partial charge in [0.05, 0.1) is 14.1 Å². The van der Waals surface area contributed by atoms with Gasteiger partial charge in [-0.05, 0) is 70.1 Å². The molecule has 0 amide bonds. The summed E-state index contributed by atoms with van der Waals surface area (Å²) >= 11 is 0. The summed E-state index contributed by atoms with van der Waals surface area (Å²) < 4.78 is 0. The van der Waals surface area contributed by atoms with Crippen LogP contribution < -0.4 is 19.9 Å². The van der Waals surface area contributed by atoms with E-state index in [-0.39, 0.29) is 10.1 Å². The second kappa shape index (κ2) is 7.46. The molecule has 0 spiro atoms. The molecule has 4 aromatic carbocycles. The first-order chi connectivity index (χ1) is 13.5. The smallest absolute Gasteiger partial charge is 0.179 e. The van der Waals surface area contributed by atoms with Crippen LogP contribution in [-0.2, 0) is 0 Å². The van der Waals surface area contributed by atoms with E-state index in [4.69, 9.17) is 9.78 Å². The molecule has 2 unspecified atom stereocenters. The number of hydrogen-bond donors (Lipinski definition) is 2. The number of benzene rings is 4. The van der Waals surface area contributed by atoms with Crippen LogP contribution in [0.5, 0.6) is 11.5 Å². The lowest BCUT2D eigenvalue weighted by Gasteiger charge is -2.16. The maximum atomic E-state index is 11.5. The summed E-state index contributed by atoms with van der Waals surface area (Å²) in [5, 5.41) is 26.9. The van der Waals surface area contributed by atoms with Crippen molar-refractivity contribution in [3.05, 3.63) is 83.2 Å². The van der Waals surface area contributed by atoms with Crippen molar-refractivity contribution in [1.82, 2.24) is 0 Å². The minimum absolute atomic E-state index is 0.0392. The quantitative estimate of drug-likeness (QED) is 0.415. The highest BCUT2D eigenvalue weighted by molar-refractivity contribution is 5.86. The molecule has 0 saturated heterocycles. The maximum Gasteiger partial charge on any atom is 0.179 e. The zero-order valence-electron chi connectivity index (χ0n) is 15.6. The van der Waals surface area contributed by atoms with Gasteiger partial charge < -0.3 is 20.5 Å². The van der Waals surface area contributed by atoms with Crippen molar-refractivity contribution in [2.24, 2.45) is 0 Å². The number of quaternary nitrogens is 2. The topological polar surface area (TPSA) is 73.5 Å². The Balaban J connectivity index is 1.52. The first kappa shape index (κ1) is 18.2. The molecular formula is C22H20N2O4. The van der Waals surface area contributed by atoms with Crippen LogP contribution >= 0.6 is 0 Å². The number of nitrogens with one attached hydrogen (secondary N) is 2. The summed E-state index contributed by atoms with van der Waals surface area (Å²) in [4.78, 5) is 10.9. The molecule has 0 aliphatic rings. The first-order valence-corrected chi connectivity index (χ1v) is 8.94. The molecule has 0 fully saturated rings. The molecule has 0 aromatic heterocycles. The molecule has 6 nitrogen and oxygen atoms in total. The fourth-order valence-corrected chi connectivity index (χ4v) is 3.09. The van der Waals surface area contributed by atoms with E-state index in [0.717, 1.165) is 21.5 Å². The maximum absolute atomic E-state index is 11.5. The summed E-state index contributed by atoms with van der Waals surface area (Å²) in [6.45, 7) is 0. The van der Waals surface area contributed by atoms with Crippen LogP contribution in [0.25, 0.3) is 21.5 Å². The molecule has 0 aliphatic carbocycles. The lowest BCUT2D eigenvalue weighted by atomic mass is 10.1. The molecule has 0 heterocycles. The zero-order chi connectivity index (χ0) is 19.7. The van der Waals surface area contributed by atoms with Crippen molar-refractivity contribution in [2.75, 3.05) is 14.1 Å². The summed E-state index contributed by atoms with van der Waals surface area (Å²) in [6.07, 6.45) is 0. The molecule has 142 valence electrons. The Bertz CT molecular complexity index is 1050. The number of hydrogen-bond acceptors (Lipinski definition) is 4. The van der Waals surface area contributed by atoms with Crippen LogP contribution in [-0.4, -0.2) is 14.1 Å². The second-order valence-electron chi connectivity index (χ2n) is 6.73. The van der Waals surface area contributed by atoms with Gasteiger partial charge in [0.2, 0.25) is 0 Å². The third kappa shape index (κ3) is 3.76. The van der Waals surface area contributed by atoms with Gasteiger partial charge in [-0.3, -0.25) is 9.78 Å². The van der Waals surface area contributed by atoms with E-state index >= 15 is 0 Å². The monoisotopic (exact) mass is 376 g/mol. The fourth-order valence-electron chi connectivity index (χ4n) is 3.09. The zero-order valence-corrected chi connectivity index (χ0v) is 15.6. The van der Waals surface area contributed by atoms with Crippen LogP contribution in [0.4, 0.5) is 11.4 Å². The minimum atomic E-state index is 0.0392. The van der Waals surface area contributed by atoms with Gasteiger partial charge in [0, 0.05) is 12.1 Å². The molecule has 0 radical (unpaired) electrons. The van der Waals surface area contributed by atoms with Crippen LogP contribution in [0, 0.1) is 10.4 Å². The van der Waals surface area contributed by atoms with E-state index in [1.807, 2.05) is 48.5 Å². The van der Waals surface area contributed by atoms with Gasteiger partial charge in [-0.1, -0.05) is 12.1 Å². The predicted molar refractivity (Wildman–Crippen MR) is 109 cm³/mol. The van der Waals surface area contributed by atoms with Crippen molar-refractivity contribution in [3.63, 3.8) is 0 Å². The van der Waals surface area contributed by atoms with Crippen molar-refractivity contribution in [2.45, 2.75) is 0 Å². The third-order valence-electron chi connectivity index (χ3n) is 4.67. The van der Waals surface area contributed by atoms with Crippen LogP contribution in [0.1, 0.15) is 0 Å². The van der Waals surface area contributed by atoms with Crippen LogP contribution in [0.3, 0.4) is 0 Å². The summed E-state index contributed by atoms with van der Waals surface area (Å²) in [7, 11) is 3.11. The summed E-state index contributed by atoms with van der Waals surface area (Å²) in [6, 6.07) is 22.2. The van der Waals surface area contributed by atoms with E-state index in [1.54, 1.807) is 38.4 Å². The Morgan fingerprint density at radius 2 is 0.893 bits per heavy atom. The number of fused-ring (bicyclic) bond motifs is 2. The van der Waals surface area contributed by atoms with Gasteiger partial charge in [0.25, 0.3) is 0 Å². The van der Waals surface area contributed by atoms with Gasteiger partial charge in [0.15, 0.2) is 11.5 Å². The van der Waals surface area contributed by atoms with E-state index in [2.05, 4.69) is 0 Å². The molecule has 4 rings (SSSR count). The van der Waals surface area contributed by atoms with Gasteiger partial charge in [-0.2, -0.15) is 0 Å². The van der Waals surface area contributed by atoms with Gasteiger partial charge in [-0.15, -0.1) is 0 Å². The van der Waals surface area contributed by atoms with Crippen molar-refractivity contribution >= 4 is 32.9 Å². The molecule has 6 heteroatoms. The molecular weight excluding hydrogens is 356 g/mol. The molecule has 2 atom stereocenters. The number of rotatable bonds is 5. The van der Waals surface area contributed by atoms with E-state index < -0.39 is 0 Å². The van der Waals surface area contributed by atoms with Gasteiger partial charge in [0.1, 0.15) is 11.4 Å². The third-order valence-corrected chi connectivity index (χ3v) is 4.67. The fraction of sp³-hybridized carbons (Fsp3) is 0.0909. The van der Waals surface area contributed by atoms with Crippen molar-refractivity contribution < 1.29 is 19.9 Å². The lowest BCUT2D eigenvalue weighted by molar-refractivity contribution is -0.751. The summed E-state index contributed by atoms with van der Waals surface area (Å²) in [5.41, 5.74) is 1.36. The second-order valence-corrected chi connectivity index (χ2v) is 6.73. The molecule has 28 heavy (non-hydrogen) atoms. The van der Waals surface area contributed by atoms with Gasteiger partial charge >= 0.3 is 0 Å². The highest BCUT2D eigenvalue weighted by Crippen LogP contribution is 2.26. The predicted octanol–water partition coefficient (Wildman–Crippen LogP) is 2.65. The molecule has 0 bridgehead atoms. The summed E-state index contributed by atoms with van der Waals surface area (Å²) in [5.74, 6) is 1.13. The van der Waals surface area contributed by atoms with Gasteiger partial charge in [-0.25, -0.2) is 0 Å². The highest BCUT2D eigenvalue weighted by Gasteiger charge is 2.06. The Morgan fingerprint density at radius 1 is 0.536 bits per heavy atom. The van der Waals surface area contributed by atoms with E-state index in [1.165, 1.54) is 0 Å². The Morgan fingerprint density at radius 3 is 1.29 bits per heavy atom. The molecule has 0 aliphatic heterocycles. The van der Waals surface area contributed by atoms with E-state index in [9.17, 15) is 10.4 Å². The molecule has 0 saturated carbocycles. The average molecular weight is 376 g/mol. The average Bonchev–Trinajstić information content (AvgIpc) is 2.71. The molecule has 2 N–H and O–H groups in total. The Labute approximate surface area is 162 Å². The Kier molecular flexibility index (Phi) is 4.85. The van der Waals surface area contributed by atoms with E-state index in [0.29, 0.717) is 22.9 Å². The molecule has 4 aromatic rings. The lowest BCUT2D eigenvalue weighted by Crippen LogP contribution is -2.98. The highest BCUT2D eigenvalue weighted by atomic mass is 17.2. The number of hydroxylamine groups is 2. The van der Waals surface area contributed by atoms with Crippen LogP contribution in [0.15, 0.2) is 72.8 Å². The van der Waals surface area contributed by atoms with Crippen molar-refractivity contribution in [1.29, 1.82) is 0 Å². The Hall–Kier alpha value is -3.16. The standard InChI is InChI=1S/C22H20N2O4/c1-23(25)19-7-3-17-13-21(9-5-15(17)11-19)27-28-22-10-6-16-12-20(24(2)26)8-4-18(16)14-22/h3-14,23-24H,1-2H3. The minimum Gasteiger partial charge on any atom is -0.629 e. The normalized spacial score (nSPS) is 13.4. The SMILES string of the molecule is C[NH+]([O-])c1ccc2cc(OOc3ccc4cc([NH+](C)[O-])ccc4c3)ccc2c1. The van der Waals surface area contributed by atoms with Crippen LogP contribution in [0.2, 0.25) is 0 Å². The van der Waals surface area contributed by atoms with Crippen molar-refractivity contribution in [3.8, 4) is 11.5 Å². The largest absolute Gasteiger partial charge is 0.629 e.